The molecule has 2 aliphatic rings. The van der Waals surface area contributed by atoms with Gasteiger partial charge in [0.2, 0.25) is 5.95 Å². The monoisotopic (exact) mass is 867 g/mol. The van der Waals surface area contributed by atoms with Crippen molar-refractivity contribution in [1.29, 1.82) is 0 Å². The highest BCUT2D eigenvalue weighted by molar-refractivity contribution is 6.41. The molecule has 0 aliphatic carbocycles. The zero-order valence-corrected chi connectivity index (χ0v) is 35.7. The first-order valence-electron chi connectivity index (χ1n) is 19.5. The van der Waals surface area contributed by atoms with Crippen molar-refractivity contribution in [2.45, 2.75) is 19.4 Å². The molecule has 0 radical (unpaired) electrons. The van der Waals surface area contributed by atoms with Crippen LogP contribution in [0.2, 0.25) is 10.0 Å². The van der Waals surface area contributed by atoms with E-state index in [2.05, 4.69) is 20.2 Å². The molecule has 0 amide bonds. The molecule has 5 aromatic rings. The van der Waals surface area contributed by atoms with E-state index in [1.165, 1.54) is 18.8 Å². The summed E-state index contributed by atoms with van der Waals surface area (Å²) < 4.78 is 18.5. The quantitative estimate of drug-likeness (QED) is 0.0465. The summed E-state index contributed by atoms with van der Waals surface area (Å²) in [6.45, 7) is 4.01. The highest BCUT2D eigenvalue weighted by Crippen LogP contribution is 2.45. The lowest BCUT2D eigenvalue weighted by atomic mass is 10.0. The molecule has 0 bridgehead atoms. The Morgan fingerprint density at radius 2 is 1.72 bits per heavy atom. The first kappa shape index (κ1) is 43.0. The van der Waals surface area contributed by atoms with Crippen LogP contribution in [0.5, 0.6) is 11.5 Å². The number of nitrogens with one attached hydrogen (secondary N) is 1. The van der Waals surface area contributed by atoms with E-state index in [0.29, 0.717) is 53.8 Å². The second kappa shape index (κ2) is 18.6. The third-order valence-electron chi connectivity index (χ3n) is 10.4. The van der Waals surface area contributed by atoms with Crippen molar-refractivity contribution in [2.24, 2.45) is 4.99 Å². The molecular formula is C44H45Cl2N8O7+. The molecule has 1 saturated heterocycles. The second-order valence-corrected chi connectivity index (χ2v) is 16.1. The topological polar surface area (TPSA) is 163 Å². The molecule has 15 nitrogen and oxygen atoms in total. The summed E-state index contributed by atoms with van der Waals surface area (Å²) >= 11 is 13.7. The molecule has 61 heavy (non-hydrogen) atoms. The molecule has 0 atom stereocenters. The summed E-state index contributed by atoms with van der Waals surface area (Å²) in [6, 6.07) is 18.6. The number of carbonyl (C=O) groups is 1. The van der Waals surface area contributed by atoms with Crippen molar-refractivity contribution in [1.82, 2.24) is 14.5 Å². The van der Waals surface area contributed by atoms with Gasteiger partial charge in [-0.3, -0.25) is 14.2 Å². The van der Waals surface area contributed by atoms with Crippen LogP contribution in [0.4, 0.5) is 17.3 Å². The van der Waals surface area contributed by atoms with E-state index in [1.807, 2.05) is 62.6 Å². The van der Waals surface area contributed by atoms with Crippen molar-refractivity contribution in [3.05, 3.63) is 132 Å². The lowest BCUT2D eigenvalue weighted by Crippen LogP contribution is -2.41. The Kier molecular flexibility index (Phi) is 13.1. The summed E-state index contributed by atoms with van der Waals surface area (Å²) in [7, 11) is 6.82. The van der Waals surface area contributed by atoms with Gasteiger partial charge < -0.3 is 39.0 Å². The minimum absolute atomic E-state index is 0.0828. The Bertz CT molecular complexity index is 2610. The fourth-order valence-corrected chi connectivity index (χ4v) is 8.15. The fraction of sp³-hybridized carbons (Fsp3) is 0.295. The molecule has 4 heterocycles. The summed E-state index contributed by atoms with van der Waals surface area (Å²) in [6.07, 6.45) is 7.07. The standard InChI is InChI=1S/C44H44Cl2N8O7/c1-54(2,27-30-14-15-47-41(30)53(57)58)18-6-9-34(55)22-28-7-5-8-29(21-28)26-52-42-31(23-35(43(52)56)38-39(45)36(59-3)24-37(60-4)40(38)46)25-48-44(50-42)49-32-10-12-33(13-11-32)51-16-19-61-20-17-51/h5-13,15,21,23-25H,14,16-20,22,26-27H2,1-4H3/p+1/b9-6+. The number of rotatable bonds is 16. The average molecular weight is 869 g/mol. The third-order valence-corrected chi connectivity index (χ3v) is 11.2. The minimum atomic E-state index is -0.457. The number of ketones is 1. The molecule has 0 saturated carbocycles. The van der Waals surface area contributed by atoms with Crippen molar-refractivity contribution in [3.8, 4) is 22.6 Å². The number of morpholine rings is 1. The normalized spacial score (nSPS) is 14.3. The van der Waals surface area contributed by atoms with Gasteiger partial charge >= 0.3 is 5.82 Å². The number of allylic oxidation sites excluding steroid dienone is 1. The van der Waals surface area contributed by atoms with Gasteiger partial charge in [0.15, 0.2) is 5.78 Å². The van der Waals surface area contributed by atoms with Gasteiger partial charge in [-0.15, -0.1) is 0 Å². The number of benzene rings is 3. The highest BCUT2D eigenvalue weighted by atomic mass is 35.5. The number of nitrogens with zero attached hydrogens (tertiary/aromatic N) is 7. The Morgan fingerprint density at radius 3 is 2.41 bits per heavy atom. The Labute approximate surface area is 362 Å². The maximum atomic E-state index is 14.7. The third kappa shape index (κ3) is 9.92. The largest absolute Gasteiger partial charge is 0.495 e. The number of fused-ring (bicyclic) bond motifs is 1. The number of ether oxygens (including phenoxy) is 3. The molecule has 316 valence electrons. The van der Waals surface area contributed by atoms with Gasteiger partial charge in [0, 0.05) is 60.5 Å². The number of hydrogen-bond donors (Lipinski definition) is 1. The number of quaternary nitrogens is 1. The maximum Gasteiger partial charge on any atom is 0.368 e. The first-order chi connectivity index (χ1) is 29.3. The molecular weight excluding hydrogens is 823 g/mol. The van der Waals surface area contributed by atoms with E-state index < -0.39 is 10.5 Å². The predicted octanol–water partition coefficient (Wildman–Crippen LogP) is 7.12. The number of carbonyl (C=O) groups excluding carboxylic acids is 1. The molecule has 2 aromatic heterocycles. The van der Waals surface area contributed by atoms with Crippen molar-refractivity contribution in [2.75, 3.05) is 77.9 Å². The number of pyridine rings is 1. The van der Waals surface area contributed by atoms with Crippen LogP contribution in [0.3, 0.4) is 0 Å². The average Bonchev–Trinajstić information content (AvgIpc) is 3.71. The molecule has 2 aliphatic heterocycles. The lowest BCUT2D eigenvalue weighted by molar-refractivity contribution is -0.880. The summed E-state index contributed by atoms with van der Waals surface area (Å²) in [5.74, 6) is 0.618. The number of aliphatic imine (C=N–C) groups is 1. The van der Waals surface area contributed by atoms with Crippen LogP contribution in [0.15, 0.2) is 100 Å². The maximum absolute atomic E-state index is 14.7. The van der Waals surface area contributed by atoms with E-state index >= 15 is 0 Å². The molecule has 17 heteroatoms. The second-order valence-electron chi connectivity index (χ2n) is 15.3. The molecule has 0 unspecified atom stereocenters. The van der Waals surface area contributed by atoms with E-state index in [0.717, 1.165) is 35.6 Å². The van der Waals surface area contributed by atoms with Gasteiger partial charge in [0.1, 0.15) is 29.9 Å². The van der Waals surface area contributed by atoms with E-state index in [4.69, 9.17) is 42.4 Å². The smallest absolute Gasteiger partial charge is 0.368 e. The van der Waals surface area contributed by atoms with Crippen LogP contribution in [-0.4, -0.2) is 104 Å². The number of aromatic nitrogens is 3. The zero-order valence-electron chi connectivity index (χ0n) is 34.2. The van der Waals surface area contributed by atoms with Gasteiger partial charge in [-0.05, 0) is 58.5 Å². The number of nitro groups is 1. The SMILES string of the molecule is COc1cc(OC)c(Cl)c(-c2cc3cnc(Nc4ccc(N5CCOCC5)cc4)nc3n(Cc3cccc(CC(=O)/C=C/C[N+](C)(C)CC4=C([N+](=O)[O-])N=CC4)c3)c2=O)c1Cl. The summed E-state index contributed by atoms with van der Waals surface area (Å²) in [5, 5.41) is 15.5. The Balaban J connectivity index is 1.18. The fourth-order valence-electron chi connectivity index (χ4n) is 7.44. The van der Waals surface area contributed by atoms with Gasteiger partial charge in [0.25, 0.3) is 5.56 Å². The molecule has 7 rings (SSSR count). The van der Waals surface area contributed by atoms with Crippen molar-refractivity contribution in [3.63, 3.8) is 0 Å². The minimum Gasteiger partial charge on any atom is -0.495 e. The number of methoxy groups -OCH3 is 2. The molecule has 3 aromatic carbocycles. The van der Waals surface area contributed by atoms with Crippen LogP contribution >= 0.6 is 23.2 Å². The summed E-state index contributed by atoms with van der Waals surface area (Å²) in [4.78, 5) is 54.4. The van der Waals surface area contributed by atoms with Crippen LogP contribution in [-0.2, 0) is 22.5 Å². The van der Waals surface area contributed by atoms with E-state index in [9.17, 15) is 19.7 Å². The van der Waals surface area contributed by atoms with E-state index in [1.54, 1.807) is 36.7 Å². The van der Waals surface area contributed by atoms with E-state index in [-0.39, 0.29) is 63.2 Å². The Morgan fingerprint density at radius 1 is 1.02 bits per heavy atom. The van der Waals surface area contributed by atoms with Gasteiger partial charge in [0.05, 0.1) is 75.8 Å². The lowest BCUT2D eigenvalue weighted by Gasteiger charge is -2.28. The molecule has 1 N–H and O–H groups in total. The van der Waals surface area contributed by atoms with Crippen LogP contribution < -0.4 is 25.2 Å². The molecule has 1 fully saturated rings. The number of hydrogen-bond acceptors (Lipinski definition) is 12. The Hall–Kier alpha value is -6.13. The highest BCUT2D eigenvalue weighted by Gasteiger charge is 2.28. The van der Waals surface area contributed by atoms with Crippen LogP contribution in [0.1, 0.15) is 17.5 Å². The number of anilines is 3. The van der Waals surface area contributed by atoms with Crippen molar-refractivity contribution < 1.29 is 28.4 Å². The zero-order chi connectivity index (χ0) is 43.3. The van der Waals surface area contributed by atoms with Crippen molar-refractivity contribution >= 4 is 63.6 Å². The summed E-state index contributed by atoms with van der Waals surface area (Å²) in [5.41, 5.74) is 4.36. The van der Waals surface area contributed by atoms with Gasteiger partial charge in [-0.2, -0.15) is 4.98 Å². The predicted molar refractivity (Wildman–Crippen MR) is 237 cm³/mol. The van der Waals surface area contributed by atoms with Gasteiger partial charge in [-0.25, -0.2) is 4.98 Å². The first-order valence-corrected chi connectivity index (χ1v) is 20.3. The van der Waals surface area contributed by atoms with Gasteiger partial charge in [-0.1, -0.05) is 52.5 Å². The number of likely N-dealkylation sites (N-methyl/N-ethyl adjacent to an activating group) is 1. The van der Waals surface area contributed by atoms with Crippen LogP contribution in [0, 0.1) is 10.1 Å². The number of halogens is 2. The van der Waals surface area contributed by atoms with Crippen LogP contribution in [0.25, 0.3) is 22.2 Å². The molecule has 0 spiro atoms.